The van der Waals surface area contributed by atoms with E-state index in [-0.39, 0.29) is 17.8 Å². The summed E-state index contributed by atoms with van der Waals surface area (Å²) in [4.78, 5) is 27.1. The molecule has 0 spiro atoms. The number of aromatic nitrogens is 1. The van der Waals surface area contributed by atoms with Gasteiger partial charge in [-0.2, -0.15) is 4.99 Å². The van der Waals surface area contributed by atoms with Gasteiger partial charge in [-0.3, -0.25) is 14.9 Å². The lowest BCUT2D eigenvalue weighted by Crippen LogP contribution is -2.16. The second kappa shape index (κ2) is 6.89. The van der Waals surface area contributed by atoms with E-state index >= 15 is 0 Å². The molecule has 0 saturated heterocycles. The highest BCUT2D eigenvalue weighted by Gasteiger charge is 2.12. The molecule has 0 aliphatic rings. The number of halogens is 1. The zero-order valence-electron chi connectivity index (χ0n) is 12.7. The molecule has 0 aliphatic heterocycles. The Morgan fingerprint density at radius 2 is 2.04 bits per heavy atom. The number of nitrogens with zero attached hydrogens (tertiary/aromatic N) is 3. The number of hydrogen-bond acceptors (Lipinski definition) is 4. The molecule has 6 nitrogen and oxygen atoms in total. The van der Waals surface area contributed by atoms with Gasteiger partial charge in [0.2, 0.25) is 0 Å². The average molecular weight is 372 g/mol. The number of fused-ring (bicyclic) bond motifs is 1. The van der Waals surface area contributed by atoms with E-state index in [1.807, 2.05) is 12.1 Å². The summed E-state index contributed by atoms with van der Waals surface area (Å²) in [6.45, 7) is 0.218. The zero-order valence-corrected chi connectivity index (χ0v) is 14.3. The average Bonchev–Trinajstić information content (AvgIpc) is 2.94. The van der Waals surface area contributed by atoms with Crippen LogP contribution in [0, 0.1) is 22.5 Å². The van der Waals surface area contributed by atoms with Crippen molar-refractivity contribution in [3.8, 4) is 12.3 Å². The molecule has 8 heteroatoms. The number of carbonyl (C=O) groups excluding carboxylic acids is 1. The molecule has 0 radical (unpaired) electrons. The molecule has 0 saturated carbocycles. The maximum atomic E-state index is 12.4. The first-order valence-electron chi connectivity index (χ1n) is 7.06. The van der Waals surface area contributed by atoms with Crippen molar-refractivity contribution in [2.75, 3.05) is 0 Å². The molecule has 1 heterocycles. The standard InChI is InChI=1S/C17H10ClN3O3S/c1-2-10-20-15-13(18)4-3-5-14(15)25-17(20)19-16(22)11-6-8-12(9-7-11)21(23)24/h1,3-9H,10H2. The Morgan fingerprint density at radius 1 is 1.32 bits per heavy atom. The third kappa shape index (κ3) is 3.31. The smallest absolute Gasteiger partial charge is 0.279 e. The van der Waals surface area contributed by atoms with Crippen LogP contribution in [0.2, 0.25) is 5.02 Å². The first-order valence-corrected chi connectivity index (χ1v) is 8.25. The van der Waals surface area contributed by atoms with Gasteiger partial charge in [0.15, 0.2) is 4.80 Å². The number of non-ortho nitro benzene ring substituents is 1. The molecule has 3 rings (SSSR count). The predicted octanol–water partition coefficient (Wildman–Crippen LogP) is 3.64. The van der Waals surface area contributed by atoms with Crippen LogP contribution in [0.1, 0.15) is 10.4 Å². The molecule has 0 N–H and O–H groups in total. The van der Waals surface area contributed by atoms with Gasteiger partial charge in [-0.1, -0.05) is 34.9 Å². The Morgan fingerprint density at radius 3 is 2.68 bits per heavy atom. The highest BCUT2D eigenvalue weighted by atomic mass is 35.5. The van der Waals surface area contributed by atoms with Gasteiger partial charge in [0.25, 0.3) is 11.6 Å². The highest BCUT2D eigenvalue weighted by molar-refractivity contribution is 7.16. The summed E-state index contributed by atoms with van der Waals surface area (Å²) < 4.78 is 2.56. The number of benzene rings is 2. The monoisotopic (exact) mass is 371 g/mol. The van der Waals surface area contributed by atoms with E-state index in [9.17, 15) is 14.9 Å². The molecule has 124 valence electrons. The van der Waals surface area contributed by atoms with Crippen molar-refractivity contribution in [2.45, 2.75) is 6.54 Å². The van der Waals surface area contributed by atoms with Crippen LogP contribution in [0.4, 0.5) is 5.69 Å². The van der Waals surface area contributed by atoms with Gasteiger partial charge in [-0.25, -0.2) is 0 Å². The van der Waals surface area contributed by atoms with Crippen LogP contribution in [-0.4, -0.2) is 15.4 Å². The first kappa shape index (κ1) is 16.9. The molecule has 0 fully saturated rings. The van der Waals surface area contributed by atoms with E-state index in [2.05, 4.69) is 10.9 Å². The number of rotatable bonds is 3. The van der Waals surface area contributed by atoms with Crippen molar-refractivity contribution >= 4 is 44.7 Å². The topological polar surface area (TPSA) is 77.5 Å². The van der Waals surface area contributed by atoms with Crippen LogP contribution in [0.5, 0.6) is 0 Å². The van der Waals surface area contributed by atoms with Gasteiger partial charge in [0.05, 0.1) is 26.7 Å². The van der Waals surface area contributed by atoms with Gasteiger partial charge in [0, 0.05) is 17.7 Å². The number of para-hydroxylation sites is 1. The van der Waals surface area contributed by atoms with Crippen molar-refractivity contribution in [3.63, 3.8) is 0 Å². The minimum atomic E-state index is -0.528. The number of nitro groups is 1. The molecule has 25 heavy (non-hydrogen) atoms. The van der Waals surface area contributed by atoms with Gasteiger partial charge in [0.1, 0.15) is 0 Å². The van der Waals surface area contributed by atoms with Crippen LogP contribution >= 0.6 is 22.9 Å². The van der Waals surface area contributed by atoms with E-state index < -0.39 is 10.8 Å². The van der Waals surface area contributed by atoms with Crippen molar-refractivity contribution in [3.05, 3.63) is 68.0 Å². The van der Waals surface area contributed by atoms with Crippen molar-refractivity contribution in [1.82, 2.24) is 4.57 Å². The fourth-order valence-electron chi connectivity index (χ4n) is 2.29. The number of thiazole rings is 1. The largest absolute Gasteiger partial charge is 0.303 e. The van der Waals surface area contributed by atoms with Crippen molar-refractivity contribution < 1.29 is 9.72 Å². The van der Waals surface area contributed by atoms with Crippen LogP contribution in [0.25, 0.3) is 10.2 Å². The van der Waals surface area contributed by atoms with Crippen LogP contribution in [-0.2, 0) is 6.54 Å². The second-order valence-corrected chi connectivity index (χ2v) is 6.40. The SMILES string of the molecule is C#CCn1c(=NC(=O)c2ccc([N+](=O)[O-])cc2)sc2cccc(Cl)c21. The molecule has 0 aliphatic carbocycles. The molecule has 1 amide bonds. The van der Waals surface area contributed by atoms with Crippen LogP contribution in [0.3, 0.4) is 0 Å². The molecular formula is C17H10ClN3O3S. The normalized spacial score (nSPS) is 11.4. The summed E-state index contributed by atoms with van der Waals surface area (Å²) in [6.07, 6.45) is 5.42. The van der Waals surface area contributed by atoms with Crippen LogP contribution < -0.4 is 4.80 Å². The van der Waals surface area contributed by atoms with E-state index in [0.717, 1.165) is 10.2 Å². The summed E-state index contributed by atoms with van der Waals surface area (Å²) in [5.41, 5.74) is 0.886. The van der Waals surface area contributed by atoms with Crippen molar-refractivity contribution in [1.29, 1.82) is 0 Å². The van der Waals surface area contributed by atoms with Crippen LogP contribution in [0.15, 0.2) is 47.5 Å². The fraction of sp³-hybridized carbons (Fsp3) is 0.0588. The fourth-order valence-corrected chi connectivity index (χ4v) is 3.67. The molecule has 3 aromatic rings. The Bertz CT molecular complexity index is 1090. The number of carbonyl (C=O) groups is 1. The summed E-state index contributed by atoms with van der Waals surface area (Å²) in [7, 11) is 0. The van der Waals surface area contributed by atoms with Gasteiger partial charge < -0.3 is 4.57 Å². The number of terminal acetylenes is 1. The Labute approximate surface area is 151 Å². The lowest BCUT2D eigenvalue weighted by atomic mass is 10.2. The first-order chi connectivity index (χ1) is 12.0. The zero-order chi connectivity index (χ0) is 18.0. The van der Waals surface area contributed by atoms with E-state index in [0.29, 0.717) is 9.82 Å². The van der Waals surface area contributed by atoms with Crippen molar-refractivity contribution in [2.24, 2.45) is 4.99 Å². The second-order valence-electron chi connectivity index (χ2n) is 4.98. The number of hydrogen-bond donors (Lipinski definition) is 0. The summed E-state index contributed by atoms with van der Waals surface area (Å²) in [5.74, 6) is 2.02. The molecule has 2 aromatic carbocycles. The maximum absolute atomic E-state index is 12.4. The molecule has 0 unspecified atom stereocenters. The summed E-state index contributed by atoms with van der Waals surface area (Å²) in [5, 5.41) is 11.2. The van der Waals surface area contributed by atoms with E-state index in [4.69, 9.17) is 18.0 Å². The number of nitro benzene ring substituents is 1. The minimum absolute atomic E-state index is 0.0902. The summed E-state index contributed by atoms with van der Waals surface area (Å²) >= 11 is 7.53. The number of amides is 1. The third-order valence-electron chi connectivity index (χ3n) is 3.42. The van der Waals surface area contributed by atoms with Gasteiger partial charge >= 0.3 is 0 Å². The molecule has 0 atom stereocenters. The quantitative estimate of drug-likeness (QED) is 0.400. The van der Waals surface area contributed by atoms with E-state index in [1.165, 1.54) is 35.6 Å². The Balaban J connectivity index is 2.10. The molecular weight excluding hydrogens is 362 g/mol. The molecule has 1 aromatic heterocycles. The Hall–Kier alpha value is -2.95. The third-order valence-corrected chi connectivity index (χ3v) is 4.77. The highest BCUT2D eigenvalue weighted by Crippen LogP contribution is 2.25. The van der Waals surface area contributed by atoms with Gasteiger partial charge in [-0.15, -0.1) is 6.42 Å². The minimum Gasteiger partial charge on any atom is -0.303 e. The predicted molar refractivity (Wildman–Crippen MR) is 96.6 cm³/mol. The summed E-state index contributed by atoms with van der Waals surface area (Å²) in [6, 6.07) is 10.7. The van der Waals surface area contributed by atoms with E-state index in [1.54, 1.807) is 10.6 Å². The Kier molecular flexibility index (Phi) is 4.65. The lowest BCUT2D eigenvalue weighted by molar-refractivity contribution is -0.384. The molecule has 0 bridgehead atoms. The van der Waals surface area contributed by atoms with Gasteiger partial charge in [-0.05, 0) is 24.3 Å². The maximum Gasteiger partial charge on any atom is 0.279 e. The lowest BCUT2D eigenvalue weighted by Gasteiger charge is -2.01.